The third-order valence-electron chi connectivity index (χ3n) is 6.52. The van der Waals surface area contributed by atoms with Gasteiger partial charge in [0.25, 0.3) is 0 Å². The molecule has 1 aliphatic heterocycles. The molecule has 1 fully saturated rings. The maximum atomic E-state index is 13.6. The van der Waals surface area contributed by atoms with Crippen molar-refractivity contribution in [3.05, 3.63) is 52.2 Å². The Morgan fingerprint density at radius 3 is 3.00 bits per heavy atom. The van der Waals surface area contributed by atoms with Gasteiger partial charge in [0.1, 0.15) is 11.6 Å². The van der Waals surface area contributed by atoms with Crippen LogP contribution < -0.4 is 4.74 Å². The van der Waals surface area contributed by atoms with Gasteiger partial charge in [-0.25, -0.2) is 4.39 Å². The highest BCUT2D eigenvalue weighted by molar-refractivity contribution is 8.01. The molecule has 182 valence electrons. The molecule has 1 saturated heterocycles. The Labute approximate surface area is 212 Å². The second-order valence-corrected chi connectivity index (χ2v) is 11.2. The number of piperidine rings is 1. The highest BCUT2D eigenvalue weighted by atomic mass is 35.5. The number of benzene rings is 1. The minimum atomic E-state index is -0.733. The summed E-state index contributed by atoms with van der Waals surface area (Å²) in [6, 6.07) is 7.25. The van der Waals surface area contributed by atoms with Crippen molar-refractivity contribution in [1.82, 2.24) is 9.88 Å². The van der Waals surface area contributed by atoms with Crippen LogP contribution >= 0.6 is 34.7 Å². The predicted molar refractivity (Wildman–Crippen MR) is 137 cm³/mol. The van der Waals surface area contributed by atoms with Gasteiger partial charge in [-0.05, 0) is 73.4 Å². The van der Waals surface area contributed by atoms with Gasteiger partial charge in [0.2, 0.25) is 0 Å². The third-order valence-corrected chi connectivity index (χ3v) is 9.01. The normalized spacial score (nSPS) is 18.9. The topological polar surface area (TPSA) is 62.7 Å². The lowest BCUT2D eigenvalue weighted by Crippen LogP contribution is -2.44. The van der Waals surface area contributed by atoms with E-state index in [1.807, 2.05) is 18.2 Å². The Kier molecular flexibility index (Phi) is 8.69. The van der Waals surface area contributed by atoms with Crippen LogP contribution in [0.25, 0.3) is 10.9 Å². The summed E-state index contributed by atoms with van der Waals surface area (Å²) in [5.41, 5.74) is 1.91. The number of pyridine rings is 1. The molecule has 34 heavy (non-hydrogen) atoms. The number of thiophene rings is 1. The van der Waals surface area contributed by atoms with Crippen LogP contribution in [0.5, 0.6) is 5.75 Å². The zero-order valence-electron chi connectivity index (χ0n) is 19.0. The molecule has 4 rings (SSSR count). The zero-order valence-corrected chi connectivity index (χ0v) is 21.4. The number of nitrogens with zero attached hydrogens (tertiary/aromatic N) is 2. The van der Waals surface area contributed by atoms with Gasteiger partial charge in [0.15, 0.2) is 0 Å². The van der Waals surface area contributed by atoms with Crippen molar-refractivity contribution >= 4 is 51.6 Å². The van der Waals surface area contributed by atoms with Gasteiger partial charge >= 0.3 is 5.97 Å². The molecule has 9 heteroatoms. The highest BCUT2D eigenvalue weighted by Gasteiger charge is 2.33. The van der Waals surface area contributed by atoms with E-state index in [-0.39, 0.29) is 17.7 Å². The van der Waals surface area contributed by atoms with Gasteiger partial charge in [0, 0.05) is 30.4 Å². The molecule has 0 aliphatic carbocycles. The van der Waals surface area contributed by atoms with Crippen LogP contribution in [-0.2, 0) is 11.2 Å². The number of carboxylic acid groups (broad SMARTS) is 1. The van der Waals surface area contributed by atoms with E-state index in [0.29, 0.717) is 15.8 Å². The second kappa shape index (κ2) is 11.7. The van der Waals surface area contributed by atoms with Crippen molar-refractivity contribution in [3.8, 4) is 5.75 Å². The van der Waals surface area contributed by atoms with E-state index >= 15 is 0 Å². The molecule has 1 aliphatic rings. The first kappa shape index (κ1) is 25.2. The largest absolute Gasteiger partial charge is 0.497 e. The van der Waals surface area contributed by atoms with Gasteiger partial charge < -0.3 is 14.7 Å². The van der Waals surface area contributed by atoms with Crippen LogP contribution in [0.3, 0.4) is 0 Å². The number of aryl methyl sites for hydroxylation is 1. The number of aromatic nitrogens is 1. The van der Waals surface area contributed by atoms with Gasteiger partial charge in [-0.2, -0.15) is 0 Å². The predicted octanol–water partition coefficient (Wildman–Crippen LogP) is 6.24. The monoisotopic (exact) mass is 522 g/mol. The fourth-order valence-corrected chi connectivity index (χ4v) is 6.84. The molecule has 0 amide bonds. The maximum absolute atomic E-state index is 13.6. The third kappa shape index (κ3) is 6.03. The number of aliphatic carboxylic acids is 1. The quantitative estimate of drug-likeness (QED) is 0.318. The van der Waals surface area contributed by atoms with Crippen LogP contribution in [0, 0.1) is 17.7 Å². The minimum absolute atomic E-state index is 0.137. The van der Waals surface area contributed by atoms with Crippen molar-refractivity contribution in [2.24, 2.45) is 11.8 Å². The van der Waals surface area contributed by atoms with Crippen LogP contribution in [-0.4, -0.2) is 53.5 Å². The maximum Gasteiger partial charge on any atom is 0.308 e. The number of rotatable bonds is 10. The fraction of sp³-hybridized carbons (Fsp3) is 0.440. The number of methoxy groups -OCH3 is 1. The van der Waals surface area contributed by atoms with E-state index in [2.05, 4.69) is 9.88 Å². The molecular weight excluding hydrogens is 495 g/mol. The van der Waals surface area contributed by atoms with Crippen molar-refractivity contribution in [1.29, 1.82) is 0 Å². The zero-order chi connectivity index (χ0) is 24.1. The first-order valence-electron chi connectivity index (χ1n) is 11.4. The molecule has 0 saturated carbocycles. The SMILES string of the molecule is COc1ccc2ncc(Cl)c(CCC[C@H]3CCN(CCSc4sccc4F)C[C@H]3C(=O)O)c2c1. The molecule has 0 radical (unpaired) electrons. The van der Waals surface area contributed by atoms with E-state index in [1.54, 1.807) is 18.7 Å². The van der Waals surface area contributed by atoms with Crippen molar-refractivity contribution in [3.63, 3.8) is 0 Å². The van der Waals surface area contributed by atoms with E-state index in [9.17, 15) is 14.3 Å². The van der Waals surface area contributed by atoms with Crippen molar-refractivity contribution < 1.29 is 19.0 Å². The molecule has 0 bridgehead atoms. The van der Waals surface area contributed by atoms with Crippen LogP contribution in [0.1, 0.15) is 24.8 Å². The molecule has 2 atom stereocenters. The van der Waals surface area contributed by atoms with Crippen LogP contribution in [0.4, 0.5) is 4.39 Å². The molecule has 3 heterocycles. The number of fused-ring (bicyclic) bond motifs is 1. The lowest BCUT2D eigenvalue weighted by Gasteiger charge is -2.36. The summed E-state index contributed by atoms with van der Waals surface area (Å²) in [6.45, 7) is 2.18. The number of carbonyl (C=O) groups is 1. The Bertz CT molecular complexity index is 1140. The first-order chi connectivity index (χ1) is 16.5. The van der Waals surface area contributed by atoms with Gasteiger partial charge in [-0.1, -0.05) is 11.6 Å². The van der Waals surface area contributed by atoms with Gasteiger partial charge in [-0.3, -0.25) is 9.78 Å². The Morgan fingerprint density at radius 2 is 2.26 bits per heavy atom. The molecule has 1 N–H and O–H groups in total. The summed E-state index contributed by atoms with van der Waals surface area (Å²) in [6.07, 6.45) is 5.00. The number of halogens is 2. The standard InChI is InChI=1S/C25H28ClFN2O3S2/c1-32-17-5-6-23-19(13-17)18(21(26)14-28-23)4-2-3-16-7-9-29(15-20(16)24(30)31)10-12-34-25-22(27)8-11-33-25/h5-6,8,11,13-14,16,20H,2-4,7,9-10,12,15H2,1H3,(H,30,31)/t16-,20+/m0/s1. The number of hydrogen-bond donors (Lipinski definition) is 1. The Morgan fingerprint density at radius 1 is 1.41 bits per heavy atom. The van der Waals surface area contributed by atoms with E-state index in [1.165, 1.54) is 29.2 Å². The van der Waals surface area contributed by atoms with Crippen LogP contribution in [0.15, 0.2) is 40.1 Å². The molecule has 0 spiro atoms. The number of hydrogen-bond acceptors (Lipinski definition) is 6. The average molecular weight is 523 g/mol. The molecular formula is C25H28ClFN2O3S2. The van der Waals surface area contributed by atoms with Crippen molar-refractivity contribution in [2.75, 3.05) is 32.5 Å². The molecule has 1 aromatic carbocycles. The smallest absolute Gasteiger partial charge is 0.308 e. The number of likely N-dealkylation sites (tertiary alicyclic amines) is 1. The summed E-state index contributed by atoms with van der Waals surface area (Å²) in [5.74, 6) is 0.364. The number of ether oxygens (including phenoxy) is 1. The molecule has 0 unspecified atom stereocenters. The van der Waals surface area contributed by atoms with E-state index < -0.39 is 5.97 Å². The number of carboxylic acids is 1. The first-order valence-corrected chi connectivity index (χ1v) is 13.6. The summed E-state index contributed by atoms with van der Waals surface area (Å²) in [7, 11) is 1.64. The second-order valence-electron chi connectivity index (χ2n) is 8.56. The highest BCUT2D eigenvalue weighted by Crippen LogP contribution is 2.33. The Hall–Kier alpha value is -1.87. The van der Waals surface area contributed by atoms with Gasteiger partial charge in [-0.15, -0.1) is 23.1 Å². The average Bonchev–Trinajstić information content (AvgIpc) is 3.25. The Balaban J connectivity index is 1.33. The summed E-state index contributed by atoms with van der Waals surface area (Å²) < 4.78 is 19.7. The van der Waals surface area contributed by atoms with Crippen molar-refractivity contribution in [2.45, 2.75) is 29.9 Å². The summed E-state index contributed by atoms with van der Waals surface area (Å²) >= 11 is 9.39. The van der Waals surface area contributed by atoms with Crippen LogP contribution in [0.2, 0.25) is 5.02 Å². The van der Waals surface area contributed by atoms with E-state index in [0.717, 1.165) is 66.7 Å². The molecule has 2 aromatic heterocycles. The fourth-order valence-electron chi connectivity index (χ4n) is 4.67. The number of thioether (sulfide) groups is 1. The van der Waals surface area contributed by atoms with Gasteiger partial charge in [0.05, 0.1) is 27.8 Å². The summed E-state index contributed by atoms with van der Waals surface area (Å²) in [4.78, 5) is 18.6. The lowest BCUT2D eigenvalue weighted by molar-refractivity contribution is -0.146. The molecule has 3 aromatic rings. The molecule has 5 nitrogen and oxygen atoms in total. The minimum Gasteiger partial charge on any atom is -0.497 e. The lowest BCUT2D eigenvalue weighted by atomic mass is 9.81. The van der Waals surface area contributed by atoms with E-state index in [4.69, 9.17) is 16.3 Å². The summed E-state index contributed by atoms with van der Waals surface area (Å²) in [5, 5.41) is 13.2.